The van der Waals surface area contributed by atoms with E-state index >= 15 is 0 Å². The van der Waals surface area contributed by atoms with Gasteiger partial charge in [0.05, 0.1) is 0 Å². The standard InChI is InChI=1S/C6H17NOSi/c1-5-6(7-2)9(3,4)8/h6-8H,5H2,1-4H3. The van der Waals surface area contributed by atoms with E-state index < -0.39 is 8.32 Å². The van der Waals surface area contributed by atoms with E-state index in [0.717, 1.165) is 6.42 Å². The topological polar surface area (TPSA) is 32.3 Å². The second-order valence-electron chi connectivity index (χ2n) is 2.90. The summed E-state index contributed by atoms with van der Waals surface area (Å²) < 4.78 is 0. The van der Waals surface area contributed by atoms with Crippen molar-refractivity contribution in [3.8, 4) is 0 Å². The van der Waals surface area contributed by atoms with Crippen LogP contribution in [-0.2, 0) is 0 Å². The minimum Gasteiger partial charge on any atom is -0.431 e. The Morgan fingerprint density at radius 2 is 2.00 bits per heavy atom. The first-order chi connectivity index (χ1) is 4.02. The molecular weight excluding hydrogens is 130 g/mol. The normalized spacial score (nSPS) is 15.7. The lowest BCUT2D eigenvalue weighted by molar-refractivity contribution is 0.496. The van der Waals surface area contributed by atoms with Crippen LogP contribution in [-0.4, -0.2) is 25.8 Å². The molecule has 0 bridgehead atoms. The van der Waals surface area contributed by atoms with Crippen LogP contribution in [0.2, 0.25) is 13.1 Å². The Hall–Kier alpha value is 0.137. The smallest absolute Gasteiger partial charge is 0.199 e. The lowest BCUT2D eigenvalue weighted by Gasteiger charge is -2.24. The molecule has 0 heterocycles. The highest BCUT2D eigenvalue weighted by atomic mass is 28.4. The molecule has 0 amide bonds. The number of hydrogen-bond donors (Lipinski definition) is 2. The zero-order valence-corrected chi connectivity index (χ0v) is 7.73. The average molecular weight is 147 g/mol. The predicted octanol–water partition coefficient (Wildman–Crippen LogP) is 0.721. The zero-order chi connectivity index (χ0) is 7.49. The van der Waals surface area contributed by atoms with Crippen LogP contribution in [0.15, 0.2) is 0 Å². The van der Waals surface area contributed by atoms with Crippen molar-refractivity contribution in [3.63, 3.8) is 0 Å². The Balaban J connectivity index is 3.79. The van der Waals surface area contributed by atoms with Crippen LogP contribution in [0, 0.1) is 0 Å². The maximum Gasteiger partial charge on any atom is 0.199 e. The summed E-state index contributed by atoms with van der Waals surface area (Å²) in [5.41, 5.74) is 0.345. The molecule has 0 fully saturated rings. The molecule has 0 radical (unpaired) electrons. The van der Waals surface area contributed by atoms with Crippen molar-refractivity contribution in [2.45, 2.75) is 32.1 Å². The third kappa shape index (κ3) is 2.98. The minimum atomic E-state index is -1.90. The Morgan fingerprint density at radius 3 is 2.00 bits per heavy atom. The second-order valence-corrected chi connectivity index (χ2v) is 6.91. The van der Waals surface area contributed by atoms with E-state index in [1.807, 2.05) is 20.1 Å². The van der Waals surface area contributed by atoms with Gasteiger partial charge < -0.3 is 10.1 Å². The van der Waals surface area contributed by atoms with Crippen LogP contribution in [0.3, 0.4) is 0 Å². The van der Waals surface area contributed by atoms with Gasteiger partial charge in [-0.15, -0.1) is 0 Å². The molecule has 56 valence electrons. The first-order valence-electron chi connectivity index (χ1n) is 3.42. The number of rotatable bonds is 3. The van der Waals surface area contributed by atoms with Crippen molar-refractivity contribution in [1.82, 2.24) is 5.32 Å². The highest BCUT2D eigenvalue weighted by Gasteiger charge is 2.26. The zero-order valence-electron chi connectivity index (χ0n) is 6.73. The molecule has 0 spiro atoms. The van der Waals surface area contributed by atoms with E-state index in [4.69, 9.17) is 0 Å². The molecule has 2 N–H and O–H groups in total. The van der Waals surface area contributed by atoms with Gasteiger partial charge in [0.2, 0.25) is 0 Å². The minimum absolute atomic E-state index is 0.345. The van der Waals surface area contributed by atoms with Gasteiger partial charge in [0.1, 0.15) is 0 Å². The lowest BCUT2D eigenvalue weighted by atomic mass is 10.5. The molecule has 0 rings (SSSR count). The molecule has 0 aliphatic carbocycles. The van der Waals surface area contributed by atoms with E-state index in [9.17, 15) is 4.80 Å². The van der Waals surface area contributed by atoms with Crippen LogP contribution < -0.4 is 5.32 Å². The lowest BCUT2D eigenvalue weighted by Crippen LogP contribution is -2.49. The monoisotopic (exact) mass is 147 g/mol. The summed E-state index contributed by atoms with van der Waals surface area (Å²) in [7, 11) is 0.00416. The van der Waals surface area contributed by atoms with Gasteiger partial charge in [0.25, 0.3) is 0 Å². The van der Waals surface area contributed by atoms with Crippen molar-refractivity contribution in [2.24, 2.45) is 0 Å². The summed E-state index contributed by atoms with van der Waals surface area (Å²) in [4.78, 5) is 9.55. The van der Waals surface area contributed by atoms with Gasteiger partial charge in [-0.25, -0.2) is 0 Å². The third-order valence-electron chi connectivity index (χ3n) is 1.61. The van der Waals surface area contributed by atoms with E-state index in [0.29, 0.717) is 5.67 Å². The maximum absolute atomic E-state index is 9.55. The maximum atomic E-state index is 9.55. The Kier molecular flexibility index (Phi) is 3.39. The first kappa shape index (κ1) is 9.14. The van der Waals surface area contributed by atoms with Crippen molar-refractivity contribution >= 4 is 8.32 Å². The number of nitrogens with one attached hydrogen (secondary N) is 1. The third-order valence-corrected chi connectivity index (χ3v) is 4.01. The van der Waals surface area contributed by atoms with Crippen molar-refractivity contribution < 1.29 is 4.80 Å². The summed E-state index contributed by atoms with van der Waals surface area (Å²) in [6, 6.07) is 0. The van der Waals surface area contributed by atoms with Gasteiger partial charge in [0.15, 0.2) is 8.32 Å². The highest BCUT2D eigenvalue weighted by Crippen LogP contribution is 2.05. The molecule has 0 aromatic carbocycles. The summed E-state index contributed by atoms with van der Waals surface area (Å²) in [6.07, 6.45) is 1.02. The van der Waals surface area contributed by atoms with Crippen molar-refractivity contribution in [3.05, 3.63) is 0 Å². The Bertz CT molecular complexity index is 75.6. The predicted molar refractivity (Wildman–Crippen MR) is 42.8 cm³/mol. The quantitative estimate of drug-likeness (QED) is 0.577. The van der Waals surface area contributed by atoms with E-state index in [1.165, 1.54) is 0 Å². The SMILES string of the molecule is CCC(NC)[Si](C)(C)O. The molecule has 3 heteroatoms. The van der Waals surface area contributed by atoms with Gasteiger partial charge in [-0.1, -0.05) is 6.92 Å². The van der Waals surface area contributed by atoms with Gasteiger partial charge in [0, 0.05) is 5.67 Å². The van der Waals surface area contributed by atoms with Crippen LogP contribution in [0.4, 0.5) is 0 Å². The molecule has 1 atom stereocenters. The van der Waals surface area contributed by atoms with E-state index in [2.05, 4.69) is 12.2 Å². The summed E-state index contributed by atoms with van der Waals surface area (Å²) in [6.45, 7) is 6.00. The summed E-state index contributed by atoms with van der Waals surface area (Å²) in [5, 5.41) is 3.10. The van der Waals surface area contributed by atoms with Crippen LogP contribution in [0.1, 0.15) is 13.3 Å². The molecule has 0 aliphatic rings. The molecule has 1 unspecified atom stereocenters. The summed E-state index contributed by atoms with van der Waals surface area (Å²) in [5.74, 6) is 0. The average Bonchev–Trinajstić information content (AvgIpc) is 1.65. The number of hydrogen-bond acceptors (Lipinski definition) is 2. The largest absolute Gasteiger partial charge is 0.431 e. The van der Waals surface area contributed by atoms with Gasteiger partial charge in [-0.3, -0.25) is 0 Å². The van der Waals surface area contributed by atoms with Gasteiger partial charge in [-0.2, -0.15) is 0 Å². The molecule has 0 aromatic heterocycles. The fourth-order valence-corrected chi connectivity index (χ4v) is 2.76. The van der Waals surface area contributed by atoms with Crippen LogP contribution in [0.5, 0.6) is 0 Å². The van der Waals surface area contributed by atoms with Crippen LogP contribution >= 0.6 is 0 Å². The van der Waals surface area contributed by atoms with Gasteiger partial charge in [-0.05, 0) is 26.6 Å². The van der Waals surface area contributed by atoms with Crippen molar-refractivity contribution in [2.75, 3.05) is 7.05 Å². The first-order valence-corrected chi connectivity index (χ1v) is 6.44. The van der Waals surface area contributed by atoms with E-state index in [-0.39, 0.29) is 0 Å². The molecule has 0 saturated heterocycles. The Morgan fingerprint density at radius 1 is 1.56 bits per heavy atom. The molecule has 2 nitrogen and oxygen atoms in total. The van der Waals surface area contributed by atoms with Gasteiger partial charge >= 0.3 is 0 Å². The molecule has 0 aromatic rings. The Labute approximate surface area is 58.4 Å². The summed E-state index contributed by atoms with van der Waals surface area (Å²) >= 11 is 0. The molecule has 9 heavy (non-hydrogen) atoms. The fraction of sp³-hybridized carbons (Fsp3) is 1.00. The molecule has 0 aliphatic heterocycles. The molecule has 0 saturated carbocycles. The fourth-order valence-electron chi connectivity index (χ4n) is 1.06. The second kappa shape index (κ2) is 3.34. The highest BCUT2D eigenvalue weighted by molar-refractivity contribution is 6.71. The van der Waals surface area contributed by atoms with Crippen molar-refractivity contribution in [1.29, 1.82) is 0 Å². The van der Waals surface area contributed by atoms with Crippen LogP contribution in [0.25, 0.3) is 0 Å². The molecular formula is C6H17NOSi. The van der Waals surface area contributed by atoms with E-state index in [1.54, 1.807) is 0 Å².